The Balaban J connectivity index is 3.17. The monoisotopic (exact) mass is 303 g/mol. The van der Waals surface area contributed by atoms with Crippen molar-refractivity contribution >= 4 is 27.6 Å². The maximum absolute atomic E-state index is 10.9. The van der Waals surface area contributed by atoms with Gasteiger partial charge in [0.15, 0.2) is 11.4 Å². The van der Waals surface area contributed by atoms with Gasteiger partial charge in [-0.25, -0.2) is 4.79 Å². The number of ether oxygens (including phenoxy) is 1. The molecule has 92 valence electrons. The molecule has 1 aromatic rings. The zero-order chi connectivity index (χ0) is 13.2. The molecule has 0 amide bonds. The van der Waals surface area contributed by atoms with E-state index in [0.29, 0.717) is 4.47 Å². The summed E-state index contributed by atoms with van der Waals surface area (Å²) < 4.78 is 5.73. The lowest BCUT2D eigenvalue weighted by molar-refractivity contribution is -0.386. The average Bonchev–Trinajstić information content (AvgIpc) is 2.15. The first-order valence-electron chi connectivity index (χ1n) is 4.60. The summed E-state index contributed by atoms with van der Waals surface area (Å²) in [5, 5.41) is 19.6. The van der Waals surface area contributed by atoms with Crippen LogP contribution in [0.3, 0.4) is 0 Å². The fourth-order valence-corrected chi connectivity index (χ4v) is 1.38. The van der Waals surface area contributed by atoms with Gasteiger partial charge in [-0.05, 0) is 19.9 Å². The number of benzene rings is 1. The van der Waals surface area contributed by atoms with Crippen LogP contribution in [0.15, 0.2) is 22.7 Å². The number of hydrogen-bond acceptors (Lipinski definition) is 4. The standard InChI is InChI=1S/C10H10BrNO5/c1-10(2,9(13)14)17-8-5-6(11)3-4-7(8)12(15)16/h3-5H,1-2H3,(H,13,14). The predicted molar refractivity (Wildman–Crippen MR) is 63.1 cm³/mol. The summed E-state index contributed by atoms with van der Waals surface area (Å²) in [6.45, 7) is 2.64. The highest BCUT2D eigenvalue weighted by atomic mass is 79.9. The number of rotatable bonds is 4. The minimum absolute atomic E-state index is 0.0863. The zero-order valence-corrected chi connectivity index (χ0v) is 10.7. The molecule has 0 heterocycles. The van der Waals surface area contributed by atoms with Crippen LogP contribution in [0.2, 0.25) is 0 Å². The van der Waals surface area contributed by atoms with Gasteiger partial charge in [0.25, 0.3) is 0 Å². The lowest BCUT2D eigenvalue weighted by Gasteiger charge is -2.21. The van der Waals surface area contributed by atoms with Gasteiger partial charge in [0.2, 0.25) is 0 Å². The van der Waals surface area contributed by atoms with Crippen LogP contribution >= 0.6 is 15.9 Å². The van der Waals surface area contributed by atoms with E-state index in [4.69, 9.17) is 9.84 Å². The molecule has 0 spiro atoms. The largest absolute Gasteiger partial charge is 0.478 e. The SMILES string of the molecule is CC(C)(Oc1cc(Br)ccc1[N+](=O)[O-])C(=O)O. The summed E-state index contributed by atoms with van der Waals surface area (Å²) in [7, 11) is 0. The number of hydrogen-bond donors (Lipinski definition) is 1. The second-order valence-electron chi connectivity index (χ2n) is 3.79. The quantitative estimate of drug-likeness (QED) is 0.682. The van der Waals surface area contributed by atoms with Crippen molar-refractivity contribution in [3.8, 4) is 5.75 Å². The number of carboxylic acids is 1. The third kappa shape index (κ3) is 3.16. The van der Waals surface area contributed by atoms with Gasteiger partial charge >= 0.3 is 11.7 Å². The third-order valence-electron chi connectivity index (χ3n) is 2.00. The molecule has 0 saturated heterocycles. The number of carboxylic acid groups (broad SMARTS) is 1. The van der Waals surface area contributed by atoms with Crippen molar-refractivity contribution in [3.05, 3.63) is 32.8 Å². The molecule has 0 aliphatic heterocycles. The highest BCUT2D eigenvalue weighted by Gasteiger charge is 2.32. The van der Waals surface area contributed by atoms with Crippen molar-refractivity contribution < 1.29 is 19.6 Å². The fourth-order valence-electron chi connectivity index (χ4n) is 1.04. The summed E-state index contributed by atoms with van der Waals surface area (Å²) in [5.74, 6) is -1.29. The topological polar surface area (TPSA) is 89.7 Å². The maximum atomic E-state index is 10.9. The van der Waals surface area contributed by atoms with Gasteiger partial charge in [-0.3, -0.25) is 10.1 Å². The van der Waals surface area contributed by atoms with Gasteiger partial charge in [0.05, 0.1) is 4.92 Å². The molecule has 1 aromatic carbocycles. The van der Waals surface area contributed by atoms with E-state index in [2.05, 4.69) is 15.9 Å². The van der Waals surface area contributed by atoms with Crippen molar-refractivity contribution in [1.29, 1.82) is 0 Å². The Kier molecular flexibility index (Phi) is 3.72. The minimum Gasteiger partial charge on any atom is -0.478 e. The Labute approximate surface area is 105 Å². The molecule has 0 radical (unpaired) electrons. The van der Waals surface area contributed by atoms with Crippen LogP contribution in [-0.2, 0) is 4.79 Å². The van der Waals surface area contributed by atoms with Crippen LogP contribution in [0.25, 0.3) is 0 Å². The molecule has 1 N–H and O–H groups in total. The molecule has 0 fully saturated rings. The Bertz CT molecular complexity index is 472. The van der Waals surface area contributed by atoms with E-state index in [-0.39, 0.29) is 11.4 Å². The normalized spacial score (nSPS) is 11.0. The van der Waals surface area contributed by atoms with Crippen molar-refractivity contribution in [2.24, 2.45) is 0 Å². The van der Waals surface area contributed by atoms with Crippen molar-refractivity contribution in [3.63, 3.8) is 0 Å². The van der Waals surface area contributed by atoms with E-state index >= 15 is 0 Å². The molecule has 17 heavy (non-hydrogen) atoms. The van der Waals surface area contributed by atoms with Crippen LogP contribution < -0.4 is 4.74 Å². The first kappa shape index (κ1) is 13.4. The molecule has 6 nitrogen and oxygen atoms in total. The van der Waals surface area contributed by atoms with E-state index in [1.807, 2.05) is 0 Å². The summed E-state index contributed by atoms with van der Waals surface area (Å²) in [6.07, 6.45) is 0. The van der Waals surface area contributed by atoms with Crippen LogP contribution in [0.1, 0.15) is 13.8 Å². The Morgan fingerprint density at radius 2 is 2.12 bits per heavy atom. The van der Waals surface area contributed by atoms with E-state index in [1.165, 1.54) is 32.0 Å². The van der Waals surface area contributed by atoms with Gasteiger partial charge in [-0.15, -0.1) is 0 Å². The number of nitro benzene ring substituents is 1. The van der Waals surface area contributed by atoms with Crippen molar-refractivity contribution in [1.82, 2.24) is 0 Å². The average molecular weight is 304 g/mol. The highest BCUT2D eigenvalue weighted by molar-refractivity contribution is 9.10. The van der Waals surface area contributed by atoms with Gasteiger partial charge in [0.1, 0.15) is 0 Å². The lowest BCUT2D eigenvalue weighted by Crippen LogP contribution is -2.38. The second-order valence-corrected chi connectivity index (χ2v) is 4.70. The van der Waals surface area contributed by atoms with E-state index < -0.39 is 16.5 Å². The first-order chi connectivity index (χ1) is 7.74. The lowest BCUT2D eigenvalue weighted by atomic mass is 10.1. The molecule has 0 aliphatic rings. The maximum Gasteiger partial charge on any atom is 0.347 e. The van der Waals surface area contributed by atoms with Gasteiger partial charge < -0.3 is 9.84 Å². The molecule has 7 heteroatoms. The Morgan fingerprint density at radius 1 is 1.53 bits per heavy atom. The zero-order valence-electron chi connectivity index (χ0n) is 9.14. The fraction of sp³-hybridized carbons (Fsp3) is 0.300. The highest BCUT2D eigenvalue weighted by Crippen LogP contribution is 2.32. The molecular weight excluding hydrogens is 294 g/mol. The number of nitrogens with zero attached hydrogens (tertiary/aromatic N) is 1. The van der Waals surface area contributed by atoms with Crippen molar-refractivity contribution in [2.45, 2.75) is 19.4 Å². The molecular formula is C10H10BrNO5. The van der Waals surface area contributed by atoms with Crippen LogP contribution in [0, 0.1) is 10.1 Å². The second kappa shape index (κ2) is 4.70. The molecule has 0 bridgehead atoms. The van der Waals surface area contributed by atoms with E-state index in [9.17, 15) is 14.9 Å². The van der Waals surface area contributed by atoms with E-state index in [0.717, 1.165) is 0 Å². The van der Waals surface area contributed by atoms with Gasteiger partial charge in [-0.1, -0.05) is 15.9 Å². The summed E-state index contributed by atoms with van der Waals surface area (Å²) in [4.78, 5) is 21.0. The Morgan fingerprint density at radius 3 is 2.59 bits per heavy atom. The number of halogens is 1. The Hall–Kier alpha value is -1.63. The summed E-state index contributed by atoms with van der Waals surface area (Å²) in [6, 6.07) is 4.10. The first-order valence-corrected chi connectivity index (χ1v) is 5.39. The number of carbonyl (C=O) groups is 1. The van der Waals surface area contributed by atoms with Gasteiger partial charge in [0, 0.05) is 16.6 Å². The van der Waals surface area contributed by atoms with Gasteiger partial charge in [-0.2, -0.15) is 0 Å². The molecule has 1 rings (SSSR count). The van der Waals surface area contributed by atoms with E-state index in [1.54, 1.807) is 0 Å². The van der Waals surface area contributed by atoms with Crippen LogP contribution in [0.4, 0.5) is 5.69 Å². The smallest absolute Gasteiger partial charge is 0.347 e. The minimum atomic E-state index is -1.54. The molecule has 0 saturated carbocycles. The van der Waals surface area contributed by atoms with Crippen LogP contribution in [0.5, 0.6) is 5.75 Å². The van der Waals surface area contributed by atoms with Crippen molar-refractivity contribution in [2.75, 3.05) is 0 Å². The third-order valence-corrected chi connectivity index (χ3v) is 2.49. The number of aliphatic carboxylic acids is 1. The molecule has 0 aromatic heterocycles. The molecule has 0 aliphatic carbocycles. The number of nitro groups is 1. The molecule has 0 atom stereocenters. The molecule has 0 unspecified atom stereocenters. The summed E-state index contributed by atoms with van der Waals surface area (Å²) in [5.41, 5.74) is -1.81. The van der Waals surface area contributed by atoms with Crippen LogP contribution in [-0.4, -0.2) is 21.6 Å². The predicted octanol–water partition coefficient (Wildman–Crippen LogP) is 2.60. The summed E-state index contributed by atoms with van der Waals surface area (Å²) >= 11 is 3.14.